The molecule has 0 saturated carbocycles. The zero-order valence-electron chi connectivity index (χ0n) is 9.04. The summed E-state index contributed by atoms with van der Waals surface area (Å²) in [4.78, 5) is 11.7. The fourth-order valence-corrected chi connectivity index (χ4v) is 1.48. The maximum atomic E-state index is 11.7. The molecule has 2 aromatic rings. The number of hydrogen-bond acceptors (Lipinski definition) is 4. The Bertz CT molecular complexity index is 468. The zero-order valence-corrected chi connectivity index (χ0v) is 9.04. The van der Waals surface area contributed by atoms with E-state index < -0.39 is 6.04 Å². The first-order chi connectivity index (χ1) is 8.31. The Labute approximate surface area is 98.1 Å². The minimum atomic E-state index is -0.444. The molecule has 0 radical (unpaired) electrons. The number of aromatic nitrogens is 1. The number of amides is 1. The van der Waals surface area contributed by atoms with Crippen LogP contribution in [0, 0.1) is 0 Å². The summed E-state index contributed by atoms with van der Waals surface area (Å²) in [5.74, 6) is -0.373. The van der Waals surface area contributed by atoms with Crippen molar-refractivity contribution in [2.75, 3.05) is 6.61 Å². The molecule has 1 amide bonds. The minimum Gasteiger partial charge on any atom is -0.394 e. The van der Waals surface area contributed by atoms with E-state index in [9.17, 15) is 9.90 Å². The Hall–Kier alpha value is -2.14. The van der Waals surface area contributed by atoms with Gasteiger partial charge in [0.05, 0.1) is 12.6 Å². The maximum absolute atomic E-state index is 11.7. The van der Waals surface area contributed by atoms with Gasteiger partial charge in [-0.1, -0.05) is 35.5 Å². The topological polar surface area (TPSA) is 75.4 Å². The number of carbonyl (C=O) groups is 1. The number of hydrogen-bond donors (Lipinski definition) is 2. The van der Waals surface area contributed by atoms with Gasteiger partial charge in [-0.25, -0.2) is 0 Å². The van der Waals surface area contributed by atoms with Gasteiger partial charge >= 0.3 is 0 Å². The first-order valence-corrected chi connectivity index (χ1v) is 5.18. The predicted molar refractivity (Wildman–Crippen MR) is 60.2 cm³/mol. The van der Waals surface area contributed by atoms with E-state index in [1.54, 1.807) is 0 Å². The van der Waals surface area contributed by atoms with Crippen molar-refractivity contribution < 1.29 is 14.4 Å². The van der Waals surface area contributed by atoms with Gasteiger partial charge in [-0.2, -0.15) is 0 Å². The van der Waals surface area contributed by atoms with Gasteiger partial charge in [0.1, 0.15) is 6.26 Å². The molecule has 5 nitrogen and oxygen atoms in total. The lowest BCUT2D eigenvalue weighted by atomic mass is 10.1. The maximum Gasteiger partial charge on any atom is 0.274 e. The largest absolute Gasteiger partial charge is 0.394 e. The smallest absolute Gasteiger partial charge is 0.274 e. The normalized spacial score (nSPS) is 12.1. The number of rotatable bonds is 4. The van der Waals surface area contributed by atoms with Crippen LogP contribution in [0.15, 0.2) is 47.2 Å². The van der Waals surface area contributed by atoms with E-state index in [0.29, 0.717) is 0 Å². The second-order valence-electron chi connectivity index (χ2n) is 3.50. The summed E-state index contributed by atoms with van der Waals surface area (Å²) in [6, 6.07) is 10.3. The molecule has 0 fully saturated rings. The van der Waals surface area contributed by atoms with Crippen molar-refractivity contribution in [1.29, 1.82) is 0 Å². The second kappa shape index (κ2) is 5.27. The van der Waals surface area contributed by atoms with Crippen LogP contribution in [-0.4, -0.2) is 22.8 Å². The molecule has 1 atom stereocenters. The number of nitrogens with one attached hydrogen (secondary N) is 1. The number of benzene rings is 1. The Morgan fingerprint density at radius 1 is 1.35 bits per heavy atom. The van der Waals surface area contributed by atoms with Crippen LogP contribution in [0.1, 0.15) is 22.1 Å². The minimum absolute atomic E-state index is 0.173. The molecule has 0 aliphatic heterocycles. The third-order valence-electron chi connectivity index (χ3n) is 2.36. The average molecular weight is 232 g/mol. The molecule has 0 aliphatic rings. The van der Waals surface area contributed by atoms with E-state index in [1.807, 2.05) is 30.3 Å². The Morgan fingerprint density at radius 2 is 2.12 bits per heavy atom. The van der Waals surface area contributed by atoms with Gasteiger partial charge in [0.15, 0.2) is 5.69 Å². The third kappa shape index (κ3) is 2.70. The van der Waals surface area contributed by atoms with Gasteiger partial charge in [0.2, 0.25) is 0 Å². The van der Waals surface area contributed by atoms with Gasteiger partial charge in [0.25, 0.3) is 5.91 Å². The van der Waals surface area contributed by atoms with Crippen LogP contribution >= 0.6 is 0 Å². The molecule has 0 saturated heterocycles. The number of carbonyl (C=O) groups excluding carboxylic acids is 1. The van der Waals surface area contributed by atoms with Crippen molar-refractivity contribution in [2.24, 2.45) is 0 Å². The van der Waals surface area contributed by atoms with Crippen molar-refractivity contribution in [1.82, 2.24) is 10.5 Å². The van der Waals surface area contributed by atoms with Crippen molar-refractivity contribution in [2.45, 2.75) is 6.04 Å². The van der Waals surface area contributed by atoms with Crippen molar-refractivity contribution in [3.8, 4) is 0 Å². The van der Waals surface area contributed by atoms with Gasteiger partial charge in [-0.15, -0.1) is 0 Å². The van der Waals surface area contributed by atoms with Crippen LogP contribution in [0.2, 0.25) is 0 Å². The highest BCUT2D eigenvalue weighted by molar-refractivity contribution is 5.92. The predicted octanol–water partition coefficient (Wildman–Crippen LogP) is 1.14. The molecule has 17 heavy (non-hydrogen) atoms. The van der Waals surface area contributed by atoms with E-state index in [1.165, 1.54) is 12.3 Å². The Morgan fingerprint density at radius 3 is 2.71 bits per heavy atom. The molecular formula is C12H12N2O3. The summed E-state index contributed by atoms with van der Waals surface area (Å²) in [7, 11) is 0. The molecule has 1 aromatic carbocycles. The fourth-order valence-electron chi connectivity index (χ4n) is 1.48. The van der Waals surface area contributed by atoms with Crippen LogP contribution in [0.4, 0.5) is 0 Å². The van der Waals surface area contributed by atoms with Gasteiger partial charge < -0.3 is 14.9 Å². The zero-order chi connectivity index (χ0) is 12.1. The van der Waals surface area contributed by atoms with Crippen molar-refractivity contribution in [3.63, 3.8) is 0 Å². The SMILES string of the molecule is O=C(N[C@H](CO)c1ccccc1)c1ccon1. The standard InChI is InChI=1S/C12H12N2O3/c15-8-11(9-4-2-1-3-5-9)13-12(16)10-6-7-17-14-10/h1-7,11,15H,8H2,(H,13,16)/t11-/m1/s1. The monoisotopic (exact) mass is 232 g/mol. The van der Waals surface area contributed by atoms with E-state index in [0.717, 1.165) is 5.56 Å². The lowest BCUT2D eigenvalue weighted by Gasteiger charge is -2.15. The first kappa shape index (κ1) is 11.3. The van der Waals surface area contributed by atoms with Gasteiger partial charge in [-0.05, 0) is 5.56 Å². The summed E-state index contributed by atoms with van der Waals surface area (Å²) in [5, 5.41) is 15.5. The van der Waals surface area contributed by atoms with Crippen molar-refractivity contribution in [3.05, 3.63) is 53.9 Å². The van der Waals surface area contributed by atoms with E-state index in [-0.39, 0.29) is 18.2 Å². The summed E-state index contributed by atoms with van der Waals surface area (Å²) in [5.41, 5.74) is 1.03. The van der Waals surface area contributed by atoms with Crippen LogP contribution in [0.3, 0.4) is 0 Å². The molecule has 88 valence electrons. The van der Waals surface area contributed by atoms with Crippen LogP contribution in [0.5, 0.6) is 0 Å². The highest BCUT2D eigenvalue weighted by atomic mass is 16.5. The van der Waals surface area contributed by atoms with Crippen LogP contribution in [-0.2, 0) is 0 Å². The van der Waals surface area contributed by atoms with Gasteiger partial charge in [0, 0.05) is 6.07 Å². The molecule has 0 unspecified atom stereocenters. The summed E-state index contributed by atoms with van der Waals surface area (Å²) < 4.78 is 4.58. The van der Waals surface area contributed by atoms with Crippen LogP contribution < -0.4 is 5.32 Å². The van der Waals surface area contributed by atoms with Crippen molar-refractivity contribution >= 4 is 5.91 Å². The number of nitrogens with zero attached hydrogens (tertiary/aromatic N) is 1. The van der Waals surface area contributed by atoms with E-state index >= 15 is 0 Å². The number of aliphatic hydroxyl groups is 1. The Balaban J connectivity index is 2.09. The highest BCUT2D eigenvalue weighted by Crippen LogP contribution is 2.12. The molecule has 1 aromatic heterocycles. The molecule has 0 spiro atoms. The lowest BCUT2D eigenvalue weighted by Crippen LogP contribution is -2.30. The van der Waals surface area contributed by atoms with Gasteiger partial charge in [-0.3, -0.25) is 4.79 Å². The first-order valence-electron chi connectivity index (χ1n) is 5.18. The lowest BCUT2D eigenvalue weighted by molar-refractivity contribution is 0.0907. The van der Waals surface area contributed by atoms with Crippen LogP contribution in [0.25, 0.3) is 0 Å². The number of aliphatic hydroxyl groups excluding tert-OH is 1. The molecule has 0 bridgehead atoms. The molecule has 0 aliphatic carbocycles. The average Bonchev–Trinajstić information content (AvgIpc) is 2.90. The third-order valence-corrected chi connectivity index (χ3v) is 2.36. The molecule has 2 N–H and O–H groups in total. The summed E-state index contributed by atoms with van der Waals surface area (Å²) >= 11 is 0. The fraction of sp³-hybridized carbons (Fsp3) is 0.167. The molecule has 2 rings (SSSR count). The summed E-state index contributed by atoms with van der Waals surface area (Å²) in [6.45, 7) is -0.173. The second-order valence-corrected chi connectivity index (χ2v) is 3.50. The molecule has 5 heteroatoms. The van der Waals surface area contributed by atoms with E-state index in [4.69, 9.17) is 0 Å². The Kier molecular flexibility index (Phi) is 3.52. The quantitative estimate of drug-likeness (QED) is 0.828. The molecular weight excluding hydrogens is 220 g/mol. The van der Waals surface area contributed by atoms with E-state index in [2.05, 4.69) is 15.0 Å². The summed E-state index contributed by atoms with van der Waals surface area (Å²) in [6.07, 6.45) is 1.32. The molecule has 1 heterocycles. The highest BCUT2D eigenvalue weighted by Gasteiger charge is 2.16.